The molecule has 3 saturated heterocycles. The van der Waals surface area contributed by atoms with Crippen molar-refractivity contribution in [3.8, 4) is 0 Å². The molecule has 0 spiro atoms. The van der Waals surface area contributed by atoms with Gasteiger partial charge in [-0.15, -0.1) is 11.3 Å². The van der Waals surface area contributed by atoms with Gasteiger partial charge in [-0.05, 0) is 13.3 Å². The molecule has 6 heterocycles. The van der Waals surface area contributed by atoms with Gasteiger partial charge in [-0.25, -0.2) is 19.6 Å². The van der Waals surface area contributed by atoms with E-state index in [-0.39, 0.29) is 17.2 Å². The summed E-state index contributed by atoms with van der Waals surface area (Å²) in [5.41, 5.74) is -0.530. The molecule has 174 valence electrons. The van der Waals surface area contributed by atoms with E-state index in [9.17, 15) is 24.3 Å². The van der Waals surface area contributed by atoms with Gasteiger partial charge < -0.3 is 19.9 Å². The lowest BCUT2D eigenvalue weighted by Crippen LogP contribution is -2.74. The number of imidazole rings is 1. The standard InChI is InChI=1S/C19H22N8O5S/c1-9(27-8-20-13-12(27)15(29)25(3)17(30)24(13)2)14(28)22-16-21-11(6-33-16)19-4-10(23-19)5-26(7-19)18(31)32/h6,8-10,23H,4-5,7H2,1-3H3,(H,31,32)(H,21,22,28)/t9-,10?,19?/m0/s1. The monoisotopic (exact) mass is 474 g/mol. The van der Waals surface area contributed by atoms with E-state index < -0.39 is 34.8 Å². The van der Waals surface area contributed by atoms with Crippen molar-refractivity contribution in [3.05, 3.63) is 38.2 Å². The van der Waals surface area contributed by atoms with E-state index in [0.29, 0.717) is 23.9 Å². The number of fused-ring (bicyclic) bond motifs is 3. The van der Waals surface area contributed by atoms with Crippen molar-refractivity contribution in [1.82, 2.24) is 33.9 Å². The van der Waals surface area contributed by atoms with E-state index >= 15 is 0 Å². The van der Waals surface area contributed by atoms with Gasteiger partial charge in [0.05, 0.1) is 17.6 Å². The number of piperazine rings is 1. The minimum absolute atomic E-state index is 0.0997. The summed E-state index contributed by atoms with van der Waals surface area (Å²) in [5, 5.41) is 17.7. The summed E-state index contributed by atoms with van der Waals surface area (Å²) in [5.74, 6) is -0.404. The Morgan fingerprint density at radius 2 is 2.06 bits per heavy atom. The summed E-state index contributed by atoms with van der Waals surface area (Å²) in [6.07, 6.45) is 1.19. The fraction of sp³-hybridized carbons (Fsp3) is 0.474. The van der Waals surface area contributed by atoms with Crippen LogP contribution in [-0.2, 0) is 24.4 Å². The van der Waals surface area contributed by atoms with Crippen LogP contribution in [0.4, 0.5) is 9.93 Å². The molecule has 3 fully saturated rings. The Kier molecular flexibility index (Phi) is 4.68. The zero-order chi connectivity index (χ0) is 23.7. The number of hydrogen-bond donors (Lipinski definition) is 3. The molecule has 33 heavy (non-hydrogen) atoms. The smallest absolute Gasteiger partial charge is 0.407 e. The Balaban J connectivity index is 1.38. The SMILES string of the molecule is C[C@@H](C(=O)Nc1nc(C23CC(CN(C(=O)O)C2)N3)cs1)n1cnc2c1c(=O)n(C)c(=O)n2C. The Morgan fingerprint density at radius 1 is 1.33 bits per heavy atom. The number of aryl methyl sites for hydroxylation is 1. The number of nitrogens with one attached hydrogen (secondary N) is 2. The van der Waals surface area contributed by atoms with Crippen LogP contribution in [0.3, 0.4) is 0 Å². The summed E-state index contributed by atoms with van der Waals surface area (Å²) < 4.78 is 3.67. The quantitative estimate of drug-likeness (QED) is 0.463. The van der Waals surface area contributed by atoms with Crippen LogP contribution in [0.2, 0.25) is 0 Å². The summed E-state index contributed by atoms with van der Waals surface area (Å²) in [6, 6.07) is -0.697. The first-order chi connectivity index (χ1) is 15.6. The number of piperidine rings is 1. The molecule has 0 radical (unpaired) electrons. The van der Waals surface area contributed by atoms with Crippen molar-refractivity contribution in [2.75, 3.05) is 18.4 Å². The number of carboxylic acid groups (broad SMARTS) is 1. The van der Waals surface area contributed by atoms with Crippen molar-refractivity contribution in [1.29, 1.82) is 0 Å². The van der Waals surface area contributed by atoms with E-state index in [1.165, 1.54) is 45.8 Å². The third kappa shape index (κ3) is 3.16. The van der Waals surface area contributed by atoms with Gasteiger partial charge in [0.25, 0.3) is 5.56 Å². The van der Waals surface area contributed by atoms with Crippen LogP contribution in [0, 0.1) is 0 Å². The third-order valence-electron chi connectivity index (χ3n) is 6.44. The highest BCUT2D eigenvalue weighted by molar-refractivity contribution is 7.14. The Morgan fingerprint density at radius 3 is 2.76 bits per heavy atom. The van der Waals surface area contributed by atoms with Crippen LogP contribution in [-0.4, -0.2) is 64.8 Å². The molecule has 3 N–H and O–H groups in total. The van der Waals surface area contributed by atoms with Crippen molar-refractivity contribution < 1.29 is 14.7 Å². The topological polar surface area (TPSA) is 156 Å². The number of anilines is 1. The normalized spacial score (nSPS) is 22.8. The number of rotatable bonds is 4. The van der Waals surface area contributed by atoms with Gasteiger partial charge in [-0.3, -0.25) is 24.0 Å². The van der Waals surface area contributed by atoms with E-state index in [1.54, 1.807) is 6.92 Å². The fourth-order valence-corrected chi connectivity index (χ4v) is 5.43. The van der Waals surface area contributed by atoms with Gasteiger partial charge in [0.1, 0.15) is 6.04 Å². The minimum Gasteiger partial charge on any atom is -0.465 e. The molecule has 0 aromatic carbocycles. The molecule has 2 unspecified atom stereocenters. The number of hydrogen-bond acceptors (Lipinski definition) is 8. The molecular formula is C19H22N8O5S. The van der Waals surface area contributed by atoms with E-state index in [0.717, 1.165) is 11.0 Å². The molecule has 2 bridgehead atoms. The lowest BCUT2D eigenvalue weighted by Gasteiger charge is -2.55. The number of aromatic nitrogens is 5. The first-order valence-electron chi connectivity index (χ1n) is 10.3. The summed E-state index contributed by atoms with van der Waals surface area (Å²) >= 11 is 1.25. The molecule has 3 aliphatic heterocycles. The number of carbonyl (C=O) groups excluding carboxylic acids is 1. The minimum atomic E-state index is -0.959. The molecule has 6 rings (SSSR count). The van der Waals surface area contributed by atoms with Gasteiger partial charge in [0.15, 0.2) is 16.3 Å². The lowest BCUT2D eigenvalue weighted by atomic mass is 9.75. The van der Waals surface area contributed by atoms with E-state index in [4.69, 9.17) is 0 Å². The van der Waals surface area contributed by atoms with Crippen LogP contribution in [0.25, 0.3) is 11.2 Å². The molecule has 3 atom stereocenters. The van der Waals surface area contributed by atoms with Crippen LogP contribution in [0.15, 0.2) is 21.3 Å². The summed E-state index contributed by atoms with van der Waals surface area (Å²) in [7, 11) is 2.89. The molecule has 0 saturated carbocycles. The first-order valence-corrected chi connectivity index (χ1v) is 11.1. The predicted octanol–water partition coefficient (Wildman–Crippen LogP) is -0.359. The zero-order valence-electron chi connectivity index (χ0n) is 18.1. The molecular weight excluding hydrogens is 452 g/mol. The van der Waals surface area contributed by atoms with E-state index in [1.807, 2.05) is 5.38 Å². The summed E-state index contributed by atoms with van der Waals surface area (Å²) in [4.78, 5) is 59.2. The average Bonchev–Trinajstić information content (AvgIpc) is 3.42. The molecule has 14 heteroatoms. The van der Waals surface area contributed by atoms with Crippen molar-refractivity contribution >= 4 is 39.6 Å². The van der Waals surface area contributed by atoms with Gasteiger partial charge >= 0.3 is 11.8 Å². The van der Waals surface area contributed by atoms with Crippen LogP contribution in [0.5, 0.6) is 0 Å². The maximum absolute atomic E-state index is 12.9. The summed E-state index contributed by atoms with van der Waals surface area (Å²) in [6.45, 7) is 2.37. The molecule has 13 nitrogen and oxygen atoms in total. The maximum atomic E-state index is 12.9. The highest BCUT2D eigenvalue weighted by Gasteiger charge is 2.53. The van der Waals surface area contributed by atoms with Crippen molar-refractivity contribution in [2.24, 2.45) is 14.1 Å². The van der Waals surface area contributed by atoms with Gasteiger partial charge in [0.2, 0.25) is 5.91 Å². The lowest BCUT2D eigenvalue weighted by molar-refractivity contribution is -0.118. The second-order valence-corrected chi connectivity index (χ2v) is 9.38. The van der Waals surface area contributed by atoms with Crippen LogP contribution >= 0.6 is 11.3 Å². The Hall–Kier alpha value is -3.52. The predicted molar refractivity (Wildman–Crippen MR) is 118 cm³/mol. The van der Waals surface area contributed by atoms with E-state index in [2.05, 4.69) is 20.6 Å². The Bertz CT molecular complexity index is 1410. The first kappa shape index (κ1) is 21.3. The maximum Gasteiger partial charge on any atom is 0.407 e. The number of thiazole rings is 1. The van der Waals surface area contributed by atoms with Crippen molar-refractivity contribution in [3.63, 3.8) is 0 Å². The molecule has 3 aromatic rings. The number of nitrogens with zero attached hydrogens (tertiary/aromatic N) is 6. The van der Waals surface area contributed by atoms with Gasteiger partial charge in [0, 0.05) is 38.6 Å². The van der Waals surface area contributed by atoms with Crippen molar-refractivity contribution in [2.45, 2.75) is 31.0 Å². The van der Waals surface area contributed by atoms with Gasteiger partial charge in [-0.1, -0.05) is 0 Å². The van der Waals surface area contributed by atoms with Gasteiger partial charge in [-0.2, -0.15) is 0 Å². The number of amides is 2. The zero-order valence-corrected chi connectivity index (χ0v) is 18.9. The third-order valence-corrected chi connectivity index (χ3v) is 7.20. The van der Waals surface area contributed by atoms with Crippen LogP contribution < -0.4 is 21.9 Å². The second kappa shape index (κ2) is 7.25. The second-order valence-electron chi connectivity index (χ2n) is 8.52. The molecule has 0 aliphatic carbocycles. The molecule has 2 amide bonds. The molecule has 3 aliphatic rings. The highest BCUT2D eigenvalue weighted by Crippen LogP contribution is 2.41. The van der Waals surface area contributed by atoms with Crippen LogP contribution in [0.1, 0.15) is 25.1 Å². The number of carbonyl (C=O) groups is 2. The largest absolute Gasteiger partial charge is 0.465 e. The molecule has 3 aromatic heterocycles. The fourth-order valence-electron chi connectivity index (χ4n) is 4.62. The highest BCUT2D eigenvalue weighted by atomic mass is 32.1. The Labute approximate surface area is 190 Å². The average molecular weight is 475 g/mol.